The Morgan fingerprint density at radius 1 is 0.932 bits per heavy atom. The molecule has 6 nitrogen and oxygen atoms in total. The molecule has 4 heterocycles. The molecule has 9 rings (SSSR count). The lowest BCUT2D eigenvalue weighted by Crippen LogP contribution is -2.61. The van der Waals surface area contributed by atoms with Crippen molar-refractivity contribution in [3.8, 4) is 0 Å². The zero-order valence-corrected chi connectivity index (χ0v) is 25.7. The first-order valence-corrected chi connectivity index (χ1v) is 16.5. The quantitative estimate of drug-likeness (QED) is 0.247. The predicted molar refractivity (Wildman–Crippen MR) is 173 cm³/mol. The number of carbonyl (C=O) groups is 2. The average Bonchev–Trinajstić information content (AvgIpc) is 3.60. The van der Waals surface area contributed by atoms with Gasteiger partial charge in [-0.1, -0.05) is 102 Å². The van der Waals surface area contributed by atoms with Crippen LogP contribution in [0.3, 0.4) is 0 Å². The Kier molecular flexibility index (Phi) is 5.81. The summed E-state index contributed by atoms with van der Waals surface area (Å²) >= 11 is 7.85. The number of amides is 1. The summed E-state index contributed by atoms with van der Waals surface area (Å²) < 4.78 is 5.07. The molecule has 3 fully saturated rings. The Balaban J connectivity index is 1.33. The molecule has 0 aromatic heterocycles. The molecule has 8 heteroatoms. The summed E-state index contributed by atoms with van der Waals surface area (Å²) in [6, 6.07) is 29.9. The second-order valence-corrected chi connectivity index (χ2v) is 14.2. The molecule has 3 saturated heterocycles. The maximum Gasteiger partial charge on any atom is 0.249 e. The first-order valence-electron chi connectivity index (χ1n) is 15.3. The van der Waals surface area contributed by atoms with Crippen LogP contribution in [-0.4, -0.2) is 57.8 Å². The van der Waals surface area contributed by atoms with Gasteiger partial charge < -0.3 is 4.74 Å². The van der Waals surface area contributed by atoms with Gasteiger partial charge in [-0.3, -0.25) is 19.4 Å². The van der Waals surface area contributed by atoms with Gasteiger partial charge in [-0.05, 0) is 59.5 Å². The van der Waals surface area contributed by atoms with Gasteiger partial charge in [-0.25, -0.2) is 4.99 Å². The molecule has 220 valence electrons. The topological polar surface area (TPSA) is 62.2 Å². The average molecular weight is 620 g/mol. The number of halogens is 1. The molecule has 2 spiro atoms. The van der Waals surface area contributed by atoms with Crippen LogP contribution in [0.4, 0.5) is 0 Å². The molecule has 0 radical (unpaired) electrons. The maximum atomic E-state index is 15.8. The van der Waals surface area contributed by atoms with Gasteiger partial charge in [-0.15, -0.1) is 0 Å². The zero-order valence-electron chi connectivity index (χ0n) is 24.2. The fourth-order valence-corrected chi connectivity index (χ4v) is 10.8. The molecular weight excluding hydrogens is 590 g/mol. The number of amidine groups is 1. The fraction of sp³-hybridized carbons (Fsp3) is 0.306. The van der Waals surface area contributed by atoms with Crippen molar-refractivity contribution in [2.45, 2.75) is 41.3 Å². The highest BCUT2D eigenvalue weighted by Crippen LogP contribution is 2.68. The molecule has 3 unspecified atom stereocenters. The Hall–Kier alpha value is -3.49. The fourth-order valence-electron chi connectivity index (χ4n) is 8.88. The number of ether oxygens (including phenoxy) is 1. The van der Waals surface area contributed by atoms with E-state index in [1.54, 1.807) is 0 Å². The highest BCUT2D eigenvalue weighted by molar-refractivity contribution is 8.16. The number of likely N-dealkylation sites (N-methyl/N-ethyl adjacent to an activating group) is 1. The summed E-state index contributed by atoms with van der Waals surface area (Å²) in [5.41, 5.74) is 2.41. The van der Waals surface area contributed by atoms with Crippen LogP contribution < -0.4 is 0 Å². The van der Waals surface area contributed by atoms with Gasteiger partial charge in [0.2, 0.25) is 5.91 Å². The number of Topliss-reactive ketones (excluding diaryl/α,β-unsaturated/α-hetero) is 1. The van der Waals surface area contributed by atoms with E-state index < -0.39 is 10.3 Å². The van der Waals surface area contributed by atoms with Crippen molar-refractivity contribution in [1.29, 1.82) is 0 Å². The minimum Gasteiger partial charge on any atom is -0.356 e. The maximum absolute atomic E-state index is 15.8. The minimum absolute atomic E-state index is 0.0190. The van der Waals surface area contributed by atoms with Crippen molar-refractivity contribution in [3.63, 3.8) is 0 Å². The highest BCUT2D eigenvalue weighted by Gasteiger charge is 2.78. The van der Waals surface area contributed by atoms with Crippen molar-refractivity contribution < 1.29 is 14.3 Å². The summed E-state index contributed by atoms with van der Waals surface area (Å²) in [5, 5.41) is 3.24. The van der Waals surface area contributed by atoms with E-state index in [4.69, 9.17) is 21.3 Å². The molecule has 4 aromatic rings. The number of likely N-dealkylation sites (tertiary alicyclic amines) is 1. The SMILES string of the molecule is CN1C[C@H](c2ccc(Cl)cc2)[C@]2(SC3=NC4OCCCC4C(c4ccccc4)N3C2=O)[C@]12C(=O)c1cccc3cccc2c13. The van der Waals surface area contributed by atoms with E-state index in [-0.39, 0.29) is 35.8 Å². The number of rotatable bonds is 2. The van der Waals surface area contributed by atoms with Crippen molar-refractivity contribution in [3.05, 3.63) is 118 Å². The smallest absolute Gasteiger partial charge is 0.249 e. The first kappa shape index (κ1) is 26.9. The lowest BCUT2D eigenvalue weighted by molar-refractivity contribution is -0.137. The lowest BCUT2D eigenvalue weighted by atomic mass is 9.70. The third-order valence-corrected chi connectivity index (χ3v) is 12.4. The van der Waals surface area contributed by atoms with Gasteiger partial charge >= 0.3 is 0 Å². The number of ketones is 1. The number of carbonyl (C=O) groups excluding carboxylic acids is 2. The number of aliphatic imine (C=N–C) groups is 1. The number of nitrogens with zero attached hydrogens (tertiary/aromatic N) is 3. The molecule has 4 aliphatic heterocycles. The van der Waals surface area contributed by atoms with Gasteiger partial charge in [0.05, 0.1) is 6.04 Å². The van der Waals surface area contributed by atoms with E-state index in [0.717, 1.165) is 40.3 Å². The van der Waals surface area contributed by atoms with Gasteiger partial charge in [0.25, 0.3) is 0 Å². The minimum atomic E-state index is -1.23. The van der Waals surface area contributed by atoms with Crippen LogP contribution in [0, 0.1) is 5.92 Å². The van der Waals surface area contributed by atoms with E-state index in [2.05, 4.69) is 35.2 Å². The van der Waals surface area contributed by atoms with Crippen molar-refractivity contribution >= 4 is 51.0 Å². The second kappa shape index (κ2) is 9.51. The van der Waals surface area contributed by atoms with Gasteiger partial charge in [0.15, 0.2) is 17.2 Å². The Labute approximate surface area is 265 Å². The van der Waals surface area contributed by atoms with Crippen molar-refractivity contribution in [2.75, 3.05) is 20.2 Å². The van der Waals surface area contributed by atoms with E-state index in [0.29, 0.717) is 28.9 Å². The molecular formula is C36H30ClN3O3S. The van der Waals surface area contributed by atoms with Gasteiger partial charge in [0, 0.05) is 35.6 Å². The molecule has 1 aliphatic carbocycles. The summed E-state index contributed by atoms with van der Waals surface area (Å²) in [5.74, 6) is -0.349. The first-order chi connectivity index (χ1) is 21.5. The van der Waals surface area contributed by atoms with Crippen LogP contribution in [-0.2, 0) is 15.1 Å². The zero-order chi connectivity index (χ0) is 29.8. The number of fused-ring (bicyclic) bond motifs is 4. The largest absolute Gasteiger partial charge is 0.356 e. The van der Waals surface area contributed by atoms with E-state index in [1.807, 2.05) is 72.6 Å². The Morgan fingerprint density at radius 2 is 1.70 bits per heavy atom. The highest BCUT2D eigenvalue weighted by atomic mass is 35.5. The monoisotopic (exact) mass is 619 g/mol. The predicted octanol–water partition coefficient (Wildman–Crippen LogP) is 6.79. The molecule has 5 aliphatic rings. The summed E-state index contributed by atoms with van der Waals surface area (Å²) in [6.45, 7) is 1.18. The number of thioether (sulfide) groups is 1. The van der Waals surface area contributed by atoms with E-state index >= 15 is 9.59 Å². The summed E-state index contributed by atoms with van der Waals surface area (Å²) in [6.07, 6.45) is 1.50. The van der Waals surface area contributed by atoms with Crippen LogP contribution >= 0.6 is 23.4 Å². The molecule has 44 heavy (non-hydrogen) atoms. The van der Waals surface area contributed by atoms with Gasteiger partial charge in [0.1, 0.15) is 10.3 Å². The Bertz CT molecular complexity index is 1890. The van der Waals surface area contributed by atoms with Crippen molar-refractivity contribution in [2.24, 2.45) is 10.9 Å². The number of benzene rings is 4. The van der Waals surface area contributed by atoms with Crippen LogP contribution in [0.1, 0.15) is 51.8 Å². The van der Waals surface area contributed by atoms with Crippen molar-refractivity contribution in [1.82, 2.24) is 9.80 Å². The van der Waals surface area contributed by atoms with Gasteiger partial charge in [-0.2, -0.15) is 0 Å². The van der Waals surface area contributed by atoms with E-state index in [1.165, 1.54) is 11.8 Å². The standard InChI is InChI=1S/C36H30ClN3O3S/c1-39-20-28(21-15-17-24(37)18-16-21)36(35(39)27-14-6-11-22-10-5-12-25(29(22)27)31(35)41)33(42)40-30(23-8-3-2-4-9-23)26-13-7-19-43-32(26)38-34(40)44-36/h2-6,8-12,14-18,26,28,30,32H,7,13,19-20H2,1H3/t26?,28-,30?,32?,35+,36-/m1/s1. The van der Waals surface area contributed by atoms with Crippen LogP contribution in [0.5, 0.6) is 0 Å². The Morgan fingerprint density at radius 3 is 2.50 bits per heavy atom. The van der Waals surface area contributed by atoms with Crippen LogP contribution in [0.2, 0.25) is 5.02 Å². The number of hydrogen-bond acceptors (Lipinski definition) is 6. The third kappa shape index (κ3) is 3.23. The van der Waals surface area contributed by atoms with E-state index in [9.17, 15) is 0 Å². The second-order valence-electron chi connectivity index (χ2n) is 12.6. The molecule has 0 N–H and O–H groups in total. The lowest BCUT2D eigenvalue weighted by Gasteiger charge is -2.45. The summed E-state index contributed by atoms with van der Waals surface area (Å²) in [7, 11) is 2.00. The van der Waals surface area contributed by atoms with Crippen LogP contribution in [0.15, 0.2) is 96.0 Å². The molecule has 0 bridgehead atoms. The molecule has 0 saturated carbocycles. The number of hydrogen-bond donors (Lipinski definition) is 0. The normalized spacial score (nSPS) is 32.5. The molecule has 4 aromatic carbocycles. The third-order valence-electron chi connectivity index (χ3n) is 10.6. The molecule has 1 amide bonds. The van der Waals surface area contributed by atoms with Crippen LogP contribution in [0.25, 0.3) is 10.8 Å². The summed E-state index contributed by atoms with van der Waals surface area (Å²) in [4.78, 5) is 40.2. The molecule has 6 atom stereocenters.